The van der Waals surface area contributed by atoms with Gasteiger partial charge in [0.15, 0.2) is 11.5 Å². The molecule has 3 aliphatic rings. The number of benzene rings is 1. The van der Waals surface area contributed by atoms with E-state index in [0.717, 1.165) is 49.5 Å². The maximum atomic E-state index is 12.8. The second-order valence-electron chi connectivity index (χ2n) is 8.92. The molecule has 2 atom stereocenters. The maximum Gasteiger partial charge on any atom is 0.231 e. The van der Waals surface area contributed by atoms with E-state index < -0.39 is 0 Å². The van der Waals surface area contributed by atoms with Crippen LogP contribution in [-0.4, -0.2) is 72.9 Å². The van der Waals surface area contributed by atoms with Crippen molar-refractivity contribution in [2.75, 3.05) is 46.2 Å². The Hall–Kier alpha value is -2.39. The molecule has 182 valence electrons. The second-order valence-corrected chi connectivity index (χ2v) is 9.33. The van der Waals surface area contributed by atoms with Crippen LogP contribution in [0.4, 0.5) is 0 Å². The maximum absolute atomic E-state index is 12.8. The molecule has 8 nitrogen and oxygen atoms in total. The molecule has 2 aromatic rings. The van der Waals surface area contributed by atoms with Gasteiger partial charge in [0.2, 0.25) is 12.7 Å². The minimum Gasteiger partial charge on any atom is -0.454 e. The van der Waals surface area contributed by atoms with Crippen molar-refractivity contribution in [1.82, 2.24) is 20.1 Å². The van der Waals surface area contributed by atoms with Gasteiger partial charge in [0.1, 0.15) is 0 Å². The summed E-state index contributed by atoms with van der Waals surface area (Å²) in [5, 5.41) is 4.15. The van der Waals surface area contributed by atoms with Crippen molar-refractivity contribution in [3.63, 3.8) is 0 Å². The summed E-state index contributed by atoms with van der Waals surface area (Å²) in [6.45, 7) is 5.47. The molecule has 9 heteroatoms. The quantitative estimate of drug-likeness (QED) is 0.546. The van der Waals surface area contributed by atoms with Gasteiger partial charge in [-0.2, -0.15) is 0 Å². The minimum absolute atomic E-state index is 0.0787. The van der Waals surface area contributed by atoms with Crippen LogP contribution in [0, 0.1) is 0 Å². The second kappa shape index (κ2) is 10.9. The number of amides is 1. The highest BCUT2D eigenvalue weighted by atomic mass is 35.5. The molecule has 1 N–H and O–H groups in total. The molecule has 4 heterocycles. The highest BCUT2D eigenvalue weighted by molar-refractivity contribution is 6.31. The molecular weight excluding hydrogens is 456 g/mol. The molecule has 1 aromatic carbocycles. The number of halogens is 1. The molecule has 0 bridgehead atoms. The normalized spacial score (nSPS) is 21.3. The summed E-state index contributed by atoms with van der Waals surface area (Å²) in [5.41, 5.74) is 1.99. The van der Waals surface area contributed by atoms with Gasteiger partial charge in [-0.05, 0) is 43.1 Å². The molecule has 2 fully saturated rings. The number of carbonyl (C=O) groups excluding carboxylic acids is 1. The number of carbonyl (C=O) groups is 1. The number of pyridine rings is 1. The molecule has 1 aromatic heterocycles. The third-order valence-electron chi connectivity index (χ3n) is 6.85. The van der Waals surface area contributed by atoms with Gasteiger partial charge < -0.3 is 24.4 Å². The third kappa shape index (κ3) is 5.30. The predicted molar refractivity (Wildman–Crippen MR) is 128 cm³/mol. The lowest BCUT2D eigenvalue weighted by molar-refractivity contribution is -0.130. The molecule has 2 saturated heterocycles. The van der Waals surface area contributed by atoms with E-state index in [1.807, 2.05) is 30.5 Å². The molecule has 3 aliphatic heterocycles. The van der Waals surface area contributed by atoms with E-state index in [-0.39, 0.29) is 24.8 Å². The van der Waals surface area contributed by atoms with Crippen molar-refractivity contribution >= 4 is 17.5 Å². The van der Waals surface area contributed by atoms with E-state index in [1.165, 1.54) is 0 Å². The number of hydrogen-bond acceptors (Lipinski definition) is 7. The molecule has 1 amide bonds. The van der Waals surface area contributed by atoms with Gasteiger partial charge in [0, 0.05) is 55.9 Å². The van der Waals surface area contributed by atoms with Crippen LogP contribution in [0.15, 0.2) is 36.5 Å². The van der Waals surface area contributed by atoms with Gasteiger partial charge in [-0.25, -0.2) is 0 Å². The van der Waals surface area contributed by atoms with E-state index >= 15 is 0 Å². The lowest BCUT2D eigenvalue weighted by Crippen LogP contribution is -2.46. The largest absolute Gasteiger partial charge is 0.454 e. The van der Waals surface area contributed by atoms with Crippen molar-refractivity contribution in [1.29, 1.82) is 0 Å². The first-order chi connectivity index (χ1) is 16.7. The first-order valence-corrected chi connectivity index (χ1v) is 12.4. The first kappa shape index (κ1) is 23.4. The summed E-state index contributed by atoms with van der Waals surface area (Å²) in [4.78, 5) is 21.9. The Balaban J connectivity index is 1.19. The summed E-state index contributed by atoms with van der Waals surface area (Å²) in [6, 6.07) is 10.1. The average Bonchev–Trinajstić information content (AvgIpc) is 3.47. The van der Waals surface area contributed by atoms with Crippen molar-refractivity contribution < 1.29 is 19.0 Å². The number of nitrogens with one attached hydrogen (secondary N) is 1. The van der Waals surface area contributed by atoms with Gasteiger partial charge in [0.05, 0.1) is 24.9 Å². The summed E-state index contributed by atoms with van der Waals surface area (Å²) in [7, 11) is 0. The number of rotatable bonds is 9. The Kier molecular flexibility index (Phi) is 7.49. The molecule has 5 rings (SSSR count). The fraction of sp³-hybridized carbons (Fsp3) is 0.520. The van der Waals surface area contributed by atoms with Crippen LogP contribution in [0.25, 0.3) is 0 Å². The van der Waals surface area contributed by atoms with Crippen LogP contribution in [0.1, 0.15) is 36.6 Å². The Labute approximate surface area is 205 Å². The average molecular weight is 487 g/mol. The number of morpholine rings is 1. The zero-order valence-electron chi connectivity index (χ0n) is 19.2. The number of nitrogens with zero attached hydrogens (tertiary/aromatic N) is 3. The zero-order valence-corrected chi connectivity index (χ0v) is 20.0. The van der Waals surface area contributed by atoms with E-state index in [4.69, 9.17) is 25.8 Å². The van der Waals surface area contributed by atoms with E-state index in [2.05, 4.69) is 26.2 Å². The molecule has 0 spiro atoms. The van der Waals surface area contributed by atoms with Gasteiger partial charge >= 0.3 is 0 Å². The summed E-state index contributed by atoms with van der Waals surface area (Å²) in [5.74, 6) is 1.66. The summed E-state index contributed by atoms with van der Waals surface area (Å²) >= 11 is 6.40. The first-order valence-electron chi connectivity index (χ1n) is 12.0. The molecule has 0 saturated carbocycles. The number of aromatic nitrogens is 1. The van der Waals surface area contributed by atoms with E-state index in [9.17, 15) is 4.79 Å². The van der Waals surface area contributed by atoms with Gasteiger partial charge in [-0.15, -0.1) is 0 Å². The lowest BCUT2D eigenvalue weighted by Gasteiger charge is -2.37. The SMILES string of the molecule is O=C1CCC(CCNCc2cc3c(cc2Cl)OCO3)N1CC(c1ccccn1)N1CCOCC1. The minimum atomic E-state index is 0.0787. The third-order valence-corrected chi connectivity index (χ3v) is 7.20. The van der Waals surface area contributed by atoms with Gasteiger partial charge in [-0.1, -0.05) is 17.7 Å². The standard InChI is InChI=1S/C25H31ClN4O4/c26-20-14-24-23(33-17-34-24)13-18(20)15-27-8-6-19-4-5-25(31)30(19)16-22(21-3-1-2-7-28-21)29-9-11-32-12-10-29/h1-3,7,13-14,19,22,27H,4-6,8-12,15-17H2. The molecule has 34 heavy (non-hydrogen) atoms. The fourth-order valence-electron chi connectivity index (χ4n) is 4.98. The zero-order chi connectivity index (χ0) is 23.3. The predicted octanol–water partition coefficient (Wildman–Crippen LogP) is 3.01. The van der Waals surface area contributed by atoms with Crippen LogP contribution in [0.5, 0.6) is 11.5 Å². The van der Waals surface area contributed by atoms with Crippen molar-refractivity contribution in [2.45, 2.75) is 37.9 Å². The monoisotopic (exact) mass is 486 g/mol. The van der Waals surface area contributed by atoms with E-state index in [1.54, 1.807) is 0 Å². The van der Waals surface area contributed by atoms with Crippen molar-refractivity contribution in [2.24, 2.45) is 0 Å². The van der Waals surface area contributed by atoms with Crippen LogP contribution in [-0.2, 0) is 16.1 Å². The van der Waals surface area contributed by atoms with Gasteiger partial charge in [0.25, 0.3) is 0 Å². The van der Waals surface area contributed by atoms with Crippen molar-refractivity contribution in [3.05, 3.63) is 52.8 Å². The Morgan fingerprint density at radius 2 is 2.00 bits per heavy atom. The number of ether oxygens (including phenoxy) is 3. The number of fused-ring (bicyclic) bond motifs is 1. The highest BCUT2D eigenvalue weighted by Crippen LogP contribution is 2.36. The van der Waals surface area contributed by atoms with E-state index in [0.29, 0.717) is 43.5 Å². The topological polar surface area (TPSA) is 76.2 Å². The van der Waals surface area contributed by atoms with Crippen LogP contribution in [0.3, 0.4) is 0 Å². The number of hydrogen-bond donors (Lipinski definition) is 1. The number of likely N-dealkylation sites (tertiary alicyclic amines) is 1. The molecule has 0 aliphatic carbocycles. The summed E-state index contributed by atoms with van der Waals surface area (Å²) in [6.07, 6.45) is 4.23. The highest BCUT2D eigenvalue weighted by Gasteiger charge is 2.35. The Morgan fingerprint density at radius 1 is 1.18 bits per heavy atom. The molecular formula is C25H31ClN4O4. The lowest BCUT2D eigenvalue weighted by atomic mass is 10.1. The Bertz CT molecular complexity index is 986. The van der Waals surface area contributed by atoms with Crippen molar-refractivity contribution in [3.8, 4) is 11.5 Å². The van der Waals surface area contributed by atoms with Crippen LogP contribution in [0.2, 0.25) is 5.02 Å². The smallest absolute Gasteiger partial charge is 0.231 e. The Morgan fingerprint density at radius 3 is 2.79 bits per heavy atom. The summed E-state index contributed by atoms with van der Waals surface area (Å²) < 4.78 is 16.4. The van der Waals surface area contributed by atoms with Gasteiger partial charge in [-0.3, -0.25) is 14.7 Å². The molecule has 2 unspecified atom stereocenters. The molecule has 0 radical (unpaired) electrons. The van der Waals surface area contributed by atoms with Crippen LogP contribution < -0.4 is 14.8 Å². The van der Waals surface area contributed by atoms with Crippen LogP contribution >= 0.6 is 11.6 Å². The fourth-order valence-corrected chi connectivity index (χ4v) is 5.20.